The molecule has 0 saturated heterocycles. The quantitative estimate of drug-likeness (QED) is 0.807. The van der Waals surface area contributed by atoms with Gasteiger partial charge in [-0.1, -0.05) is 11.6 Å². The summed E-state index contributed by atoms with van der Waals surface area (Å²) < 4.78 is 10.2. The van der Waals surface area contributed by atoms with Gasteiger partial charge in [-0.2, -0.15) is 0 Å². The van der Waals surface area contributed by atoms with E-state index in [4.69, 9.17) is 21.1 Å². The third-order valence-electron chi connectivity index (χ3n) is 2.25. The van der Waals surface area contributed by atoms with E-state index < -0.39 is 0 Å². The SMILES string of the molecule is COc1nc2cc(Cl)cc(C)c2nc1OC. The summed E-state index contributed by atoms with van der Waals surface area (Å²) in [5.74, 6) is 0.733. The molecule has 0 aliphatic rings. The molecule has 2 aromatic rings. The van der Waals surface area contributed by atoms with Crippen molar-refractivity contribution in [3.63, 3.8) is 0 Å². The highest BCUT2D eigenvalue weighted by molar-refractivity contribution is 6.31. The van der Waals surface area contributed by atoms with Crippen LogP contribution in [0.2, 0.25) is 5.02 Å². The van der Waals surface area contributed by atoms with Crippen LogP contribution in [0.4, 0.5) is 0 Å². The van der Waals surface area contributed by atoms with Crippen LogP contribution >= 0.6 is 11.6 Å². The first-order valence-electron chi connectivity index (χ1n) is 4.71. The van der Waals surface area contributed by atoms with Crippen LogP contribution in [0, 0.1) is 6.92 Å². The molecule has 16 heavy (non-hydrogen) atoms. The lowest BCUT2D eigenvalue weighted by Crippen LogP contribution is -1.98. The lowest BCUT2D eigenvalue weighted by Gasteiger charge is -2.08. The van der Waals surface area contributed by atoms with E-state index in [-0.39, 0.29) is 0 Å². The highest BCUT2D eigenvalue weighted by Crippen LogP contribution is 2.28. The van der Waals surface area contributed by atoms with Crippen molar-refractivity contribution in [3.05, 3.63) is 22.7 Å². The molecular formula is C11H11ClN2O2. The number of rotatable bonds is 2. The molecule has 0 spiro atoms. The maximum absolute atomic E-state index is 5.95. The molecule has 0 saturated carbocycles. The Hall–Kier alpha value is -1.55. The van der Waals surface area contributed by atoms with E-state index in [0.29, 0.717) is 22.3 Å². The van der Waals surface area contributed by atoms with Gasteiger partial charge in [0.25, 0.3) is 11.8 Å². The monoisotopic (exact) mass is 238 g/mol. The topological polar surface area (TPSA) is 44.2 Å². The number of fused-ring (bicyclic) bond motifs is 1. The van der Waals surface area contributed by atoms with Crippen molar-refractivity contribution >= 4 is 22.6 Å². The average molecular weight is 239 g/mol. The zero-order chi connectivity index (χ0) is 11.7. The van der Waals surface area contributed by atoms with Gasteiger partial charge in [-0.25, -0.2) is 9.97 Å². The summed E-state index contributed by atoms with van der Waals surface area (Å²) in [5, 5.41) is 0.631. The number of aromatic nitrogens is 2. The van der Waals surface area contributed by atoms with E-state index >= 15 is 0 Å². The van der Waals surface area contributed by atoms with Crippen molar-refractivity contribution in [1.82, 2.24) is 9.97 Å². The molecule has 0 radical (unpaired) electrons. The number of hydrogen-bond acceptors (Lipinski definition) is 4. The molecule has 0 amide bonds. The van der Waals surface area contributed by atoms with Crippen LogP contribution in [-0.2, 0) is 0 Å². The summed E-state index contributed by atoms with van der Waals surface area (Å²) in [6, 6.07) is 3.59. The molecule has 84 valence electrons. The fraction of sp³-hybridized carbons (Fsp3) is 0.273. The van der Waals surface area contributed by atoms with E-state index in [1.165, 1.54) is 14.2 Å². The molecule has 1 aromatic heterocycles. The first-order chi connectivity index (χ1) is 7.65. The van der Waals surface area contributed by atoms with Gasteiger partial charge in [-0.05, 0) is 24.6 Å². The van der Waals surface area contributed by atoms with Crippen LogP contribution in [0.1, 0.15) is 5.56 Å². The maximum atomic E-state index is 5.95. The van der Waals surface area contributed by atoms with Crippen molar-refractivity contribution in [3.8, 4) is 11.8 Å². The second-order valence-corrected chi connectivity index (χ2v) is 3.77. The molecule has 0 atom stereocenters. The van der Waals surface area contributed by atoms with Gasteiger partial charge < -0.3 is 9.47 Å². The van der Waals surface area contributed by atoms with E-state index in [9.17, 15) is 0 Å². The first kappa shape index (κ1) is 11.0. The molecule has 0 fully saturated rings. The number of aryl methyl sites for hydroxylation is 1. The minimum Gasteiger partial charge on any atom is -0.477 e. The molecule has 4 nitrogen and oxygen atoms in total. The standard InChI is InChI=1S/C11H11ClN2O2/c1-6-4-7(12)5-8-9(6)14-11(16-3)10(13-8)15-2/h4-5H,1-3H3. The maximum Gasteiger partial charge on any atom is 0.278 e. The lowest BCUT2D eigenvalue weighted by atomic mass is 10.2. The van der Waals surface area contributed by atoms with Gasteiger partial charge in [0.15, 0.2) is 0 Å². The minimum atomic E-state index is 0.358. The van der Waals surface area contributed by atoms with Crippen LogP contribution in [0.5, 0.6) is 11.8 Å². The molecule has 0 aliphatic heterocycles. The summed E-state index contributed by atoms with van der Waals surface area (Å²) in [7, 11) is 3.05. The van der Waals surface area contributed by atoms with Crippen molar-refractivity contribution < 1.29 is 9.47 Å². The number of ether oxygens (including phenoxy) is 2. The Morgan fingerprint density at radius 2 is 1.69 bits per heavy atom. The largest absolute Gasteiger partial charge is 0.477 e. The van der Waals surface area contributed by atoms with E-state index in [0.717, 1.165) is 11.1 Å². The average Bonchev–Trinajstić information content (AvgIpc) is 2.27. The van der Waals surface area contributed by atoms with E-state index in [2.05, 4.69) is 9.97 Å². The van der Waals surface area contributed by atoms with E-state index in [1.54, 1.807) is 6.07 Å². The van der Waals surface area contributed by atoms with Crippen LogP contribution in [-0.4, -0.2) is 24.2 Å². The summed E-state index contributed by atoms with van der Waals surface area (Å²) in [4.78, 5) is 8.63. The normalized spacial score (nSPS) is 10.5. The van der Waals surface area contributed by atoms with Crippen LogP contribution in [0.15, 0.2) is 12.1 Å². The molecule has 1 heterocycles. The second-order valence-electron chi connectivity index (χ2n) is 3.33. The highest BCUT2D eigenvalue weighted by atomic mass is 35.5. The molecule has 5 heteroatoms. The Morgan fingerprint density at radius 1 is 1.06 bits per heavy atom. The van der Waals surface area contributed by atoms with Gasteiger partial charge in [0.05, 0.1) is 25.3 Å². The molecule has 0 unspecified atom stereocenters. The summed E-state index contributed by atoms with van der Waals surface area (Å²) in [5.41, 5.74) is 2.42. The zero-order valence-corrected chi connectivity index (χ0v) is 10.00. The van der Waals surface area contributed by atoms with Crippen molar-refractivity contribution in [2.75, 3.05) is 14.2 Å². The summed E-state index contributed by atoms with van der Waals surface area (Å²) in [6.07, 6.45) is 0. The van der Waals surface area contributed by atoms with E-state index in [1.807, 2.05) is 13.0 Å². The Labute approximate surface area is 98.2 Å². The lowest BCUT2D eigenvalue weighted by molar-refractivity contribution is 0.334. The van der Waals surface area contributed by atoms with Gasteiger partial charge in [0.2, 0.25) is 0 Å². The number of hydrogen-bond donors (Lipinski definition) is 0. The fourth-order valence-corrected chi connectivity index (χ4v) is 1.79. The van der Waals surface area contributed by atoms with Gasteiger partial charge in [0, 0.05) is 5.02 Å². The molecular weight excluding hydrogens is 228 g/mol. The molecule has 2 rings (SSSR count). The van der Waals surface area contributed by atoms with Gasteiger partial charge >= 0.3 is 0 Å². The van der Waals surface area contributed by atoms with Crippen LogP contribution in [0.3, 0.4) is 0 Å². The van der Waals surface area contributed by atoms with Crippen molar-refractivity contribution in [2.24, 2.45) is 0 Å². The predicted octanol–water partition coefficient (Wildman–Crippen LogP) is 2.61. The molecule has 0 N–H and O–H groups in total. The Morgan fingerprint density at radius 3 is 2.31 bits per heavy atom. The van der Waals surface area contributed by atoms with Gasteiger partial charge in [-0.3, -0.25) is 0 Å². The van der Waals surface area contributed by atoms with Crippen LogP contribution in [0.25, 0.3) is 11.0 Å². The van der Waals surface area contributed by atoms with Crippen molar-refractivity contribution in [2.45, 2.75) is 6.92 Å². The Kier molecular flexibility index (Phi) is 2.83. The van der Waals surface area contributed by atoms with Crippen LogP contribution < -0.4 is 9.47 Å². The first-order valence-corrected chi connectivity index (χ1v) is 5.09. The number of halogens is 1. The number of benzene rings is 1. The molecule has 1 aromatic carbocycles. The Balaban J connectivity index is 2.78. The van der Waals surface area contributed by atoms with Crippen molar-refractivity contribution in [1.29, 1.82) is 0 Å². The van der Waals surface area contributed by atoms with Gasteiger partial charge in [-0.15, -0.1) is 0 Å². The summed E-state index contributed by atoms with van der Waals surface area (Å²) >= 11 is 5.95. The Bertz CT molecular complexity index is 543. The molecule has 0 aliphatic carbocycles. The minimum absolute atomic E-state index is 0.358. The molecule has 0 bridgehead atoms. The third-order valence-corrected chi connectivity index (χ3v) is 2.47. The third kappa shape index (κ3) is 1.76. The smallest absolute Gasteiger partial charge is 0.278 e. The summed E-state index contributed by atoms with van der Waals surface area (Å²) in [6.45, 7) is 1.93. The number of nitrogens with zero attached hydrogens (tertiary/aromatic N) is 2. The second kappa shape index (κ2) is 4.14. The van der Waals surface area contributed by atoms with Gasteiger partial charge in [0.1, 0.15) is 0 Å². The highest BCUT2D eigenvalue weighted by Gasteiger charge is 2.11. The predicted molar refractivity (Wildman–Crippen MR) is 62.4 cm³/mol. The zero-order valence-electron chi connectivity index (χ0n) is 9.24. The fourth-order valence-electron chi connectivity index (χ4n) is 1.52. The number of methoxy groups -OCH3 is 2.